The zero-order valence-electron chi connectivity index (χ0n) is 12.5. The van der Waals surface area contributed by atoms with E-state index >= 15 is 0 Å². The van der Waals surface area contributed by atoms with Crippen LogP contribution in [0, 0.1) is 0 Å². The number of ether oxygens (including phenoxy) is 1. The second kappa shape index (κ2) is 6.09. The maximum absolute atomic E-state index is 11.7. The minimum atomic E-state index is -0.516. The average Bonchev–Trinajstić information content (AvgIpc) is 2.84. The van der Waals surface area contributed by atoms with Crippen molar-refractivity contribution in [2.24, 2.45) is 5.73 Å². The number of aromatic nitrogens is 3. The van der Waals surface area contributed by atoms with Crippen LogP contribution in [0.3, 0.4) is 0 Å². The van der Waals surface area contributed by atoms with Crippen molar-refractivity contribution in [3.05, 3.63) is 30.2 Å². The van der Waals surface area contributed by atoms with Gasteiger partial charge in [-0.1, -0.05) is 0 Å². The van der Waals surface area contributed by atoms with E-state index in [2.05, 4.69) is 15.4 Å². The number of rotatable bonds is 4. The van der Waals surface area contributed by atoms with Gasteiger partial charge >= 0.3 is 6.09 Å². The van der Waals surface area contributed by atoms with E-state index in [-0.39, 0.29) is 5.92 Å². The van der Waals surface area contributed by atoms with Crippen molar-refractivity contribution >= 4 is 11.7 Å². The molecule has 0 radical (unpaired) electrons. The molecular formula is C14H21N5O2. The highest BCUT2D eigenvalue weighted by atomic mass is 16.6. The van der Waals surface area contributed by atoms with E-state index < -0.39 is 11.7 Å². The molecule has 21 heavy (non-hydrogen) atoms. The molecule has 0 spiro atoms. The molecule has 3 N–H and O–H groups in total. The molecule has 0 saturated heterocycles. The van der Waals surface area contributed by atoms with Gasteiger partial charge in [-0.15, -0.1) is 0 Å². The van der Waals surface area contributed by atoms with E-state index in [4.69, 9.17) is 10.5 Å². The molecule has 0 aliphatic carbocycles. The summed E-state index contributed by atoms with van der Waals surface area (Å²) >= 11 is 0. The Morgan fingerprint density at radius 2 is 2.29 bits per heavy atom. The van der Waals surface area contributed by atoms with E-state index in [0.717, 1.165) is 11.2 Å². The van der Waals surface area contributed by atoms with Crippen LogP contribution in [0.15, 0.2) is 24.7 Å². The van der Waals surface area contributed by atoms with Crippen LogP contribution < -0.4 is 11.1 Å². The summed E-state index contributed by atoms with van der Waals surface area (Å²) in [6.45, 7) is 6.25. The smallest absolute Gasteiger partial charge is 0.407 e. The molecule has 0 aliphatic rings. The number of nitrogens with two attached hydrogens (primary N) is 1. The fraction of sp³-hybridized carbons (Fsp3) is 0.500. The van der Waals surface area contributed by atoms with Crippen LogP contribution in [0.4, 0.5) is 4.79 Å². The van der Waals surface area contributed by atoms with Crippen LogP contribution in [0.25, 0.3) is 5.65 Å². The Morgan fingerprint density at radius 3 is 2.95 bits per heavy atom. The number of hydrogen-bond donors (Lipinski definition) is 2. The number of fused-ring (bicyclic) bond motifs is 1. The zero-order valence-corrected chi connectivity index (χ0v) is 12.5. The predicted molar refractivity (Wildman–Crippen MR) is 79.0 cm³/mol. The molecule has 0 bridgehead atoms. The normalized spacial score (nSPS) is 13.1. The summed E-state index contributed by atoms with van der Waals surface area (Å²) in [5.41, 5.74) is 6.97. The summed E-state index contributed by atoms with van der Waals surface area (Å²) in [5, 5.41) is 6.87. The quantitative estimate of drug-likeness (QED) is 0.885. The summed E-state index contributed by atoms with van der Waals surface area (Å²) in [6, 6.07) is 1.82. The van der Waals surface area contributed by atoms with Crippen molar-refractivity contribution in [3.8, 4) is 0 Å². The Hall–Kier alpha value is -2.15. The number of amides is 1. The summed E-state index contributed by atoms with van der Waals surface area (Å²) in [5.74, 6) is -0.0429. The zero-order chi connectivity index (χ0) is 15.5. The summed E-state index contributed by atoms with van der Waals surface area (Å²) < 4.78 is 6.89. The molecule has 0 aliphatic heterocycles. The first-order valence-corrected chi connectivity index (χ1v) is 6.85. The van der Waals surface area contributed by atoms with Crippen molar-refractivity contribution in [1.29, 1.82) is 0 Å². The Morgan fingerprint density at radius 1 is 1.52 bits per heavy atom. The lowest BCUT2D eigenvalue weighted by molar-refractivity contribution is 0.0525. The van der Waals surface area contributed by atoms with Gasteiger partial charge in [0.15, 0.2) is 5.65 Å². The van der Waals surface area contributed by atoms with E-state index in [1.807, 2.05) is 33.0 Å². The highest BCUT2D eigenvalue weighted by Crippen LogP contribution is 2.14. The number of carbonyl (C=O) groups excluding carboxylic acids is 1. The SMILES string of the molecule is CC(C)(C)OC(=O)NCC(CN)c1cnc2ccnn2c1. The van der Waals surface area contributed by atoms with Crippen molar-refractivity contribution in [2.75, 3.05) is 13.1 Å². The molecule has 114 valence electrons. The molecular weight excluding hydrogens is 270 g/mol. The summed E-state index contributed by atoms with van der Waals surface area (Å²) in [7, 11) is 0. The first-order chi connectivity index (χ1) is 9.89. The lowest BCUT2D eigenvalue weighted by atomic mass is 10.0. The molecule has 0 fully saturated rings. The van der Waals surface area contributed by atoms with Gasteiger partial charge in [0.1, 0.15) is 5.60 Å². The Kier molecular flexibility index (Phi) is 4.42. The average molecular weight is 291 g/mol. The van der Waals surface area contributed by atoms with E-state index in [0.29, 0.717) is 13.1 Å². The Bertz CT molecular complexity index is 617. The molecule has 2 heterocycles. The molecule has 1 unspecified atom stereocenters. The van der Waals surface area contributed by atoms with Crippen molar-refractivity contribution in [3.63, 3.8) is 0 Å². The summed E-state index contributed by atoms with van der Waals surface area (Å²) in [4.78, 5) is 16.0. The Balaban J connectivity index is 2.01. The monoisotopic (exact) mass is 291 g/mol. The number of carbonyl (C=O) groups is 1. The van der Waals surface area contributed by atoms with Crippen LogP contribution in [-0.4, -0.2) is 39.4 Å². The highest BCUT2D eigenvalue weighted by Gasteiger charge is 2.18. The third-order valence-electron chi connectivity index (χ3n) is 2.91. The molecule has 7 heteroatoms. The minimum Gasteiger partial charge on any atom is -0.444 e. The molecule has 7 nitrogen and oxygen atoms in total. The number of hydrogen-bond acceptors (Lipinski definition) is 5. The third kappa shape index (κ3) is 4.16. The van der Waals surface area contributed by atoms with Gasteiger partial charge in [-0.3, -0.25) is 0 Å². The fourth-order valence-electron chi connectivity index (χ4n) is 1.89. The van der Waals surface area contributed by atoms with Gasteiger partial charge in [-0.2, -0.15) is 5.10 Å². The van der Waals surface area contributed by atoms with Gasteiger partial charge in [0.2, 0.25) is 0 Å². The lowest BCUT2D eigenvalue weighted by Crippen LogP contribution is -2.36. The maximum atomic E-state index is 11.7. The first-order valence-electron chi connectivity index (χ1n) is 6.85. The minimum absolute atomic E-state index is 0.0429. The number of alkyl carbamates (subject to hydrolysis) is 1. The van der Waals surface area contributed by atoms with Crippen LogP contribution in [0.5, 0.6) is 0 Å². The van der Waals surface area contributed by atoms with Crippen molar-refractivity contribution in [2.45, 2.75) is 32.3 Å². The number of nitrogens with one attached hydrogen (secondary N) is 1. The molecule has 1 amide bonds. The van der Waals surface area contributed by atoms with Gasteiger partial charge < -0.3 is 15.8 Å². The molecule has 2 rings (SSSR count). The van der Waals surface area contributed by atoms with Gasteiger partial charge in [-0.05, 0) is 26.3 Å². The molecule has 2 aromatic heterocycles. The van der Waals surface area contributed by atoms with Crippen molar-refractivity contribution in [1.82, 2.24) is 19.9 Å². The molecule has 2 aromatic rings. The Labute approximate surface area is 123 Å². The van der Waals surface area contributed by atoms with E-state index in [1.165, 1.54) is 0 Å². The van der Waals surface area contributed by atoms with Crippen LogP contribution >= 0.6 is 0 Å². The standard InChI is InChI=1S/C14H21N5O2/c1-14(2,3)21-13(20)17-7-10(6-15)11-8-16-12-4-5-18-19(12)9-11/h4-5,8-10H,6-7,15H2,1-3H3,(H,17,20). The predicted octanol–water partition coefficient (Wildman–Crippen LogP) is 1.30. The van der Waals surface area contributed by atoms with Crippen LogP contribution in [-0.2, 0) is 4.74 Å². The van der Waals surface area contributed by atoms with Gasteiger partial charge in [0, 0.05) is 37.5 Å². The number of nitrogens with zero attached hydrogens (tertiary/aromatic N) is 3. The van der Waals surface area contributed by atoms with E-state index in [9.17, 15) is 4.79 Å². The van der Waals surface area contributed by atoms with Gasteiger partial charge in [-0.25, -0.2) is 14.3 Å². The molecule has 0 aromatic carbocycles. The fourth-order valence-corrected chi connectivity index (χ4v) is 1.89. The highest BCUT2D eigenvalue weighted by molar-refractivity contribution is 5.67. The largest absolute Gasteiger partial charge is 0.444 e. The molecule has 0 saturated carbocycles. The first kappa shape index (κ1) is 15.2. The van der Waals surface area contributed by atoms with E-state index in [1.54, 1.807) is 16.9 Å². The molecule has 1 atom stereocenters. The lowest BCUT2D eigenvalue weighted by Gasteiger charge is -2.21. The van der Waals surface area contributed by atoms with Crippen molar-refractivity contribution < 1.29 is 9.53 Å². The van der Waals surface area contributed by atoms with Crippen LogP contribution in [0.1, 0.15) is 32.3 Å². The topological polar surface area (TPSA) is 94.5 Å². The second-order valence-electron chi connectivity index (χ2n) is 5.84. The van der Waals surface area contributed by atoms with Gasteiger partial charge in [0.25, 0.3) is 0 Å². The van der Waals surface area contributed by atoms with Crippen LogP contribution in [0.2, 0.25) is 0 Å². The summed E-state index contributed by atoms with van der Waals surface area (Å²) in [6.07, 6.45) is 4.86. The van der Waals surface area contributed by atoms with Gasteiger partial charge in [0.05, 0.1) is 6.20 Å². The third-order valence-corrected chi connectivity index (χ3v) is 2.91. The second-order valence-corrected chi connectivity index (χ2v) is 5.84. The maximum Gasteiger partial charge on any atom is 0.407 e.